The first-order valence-electron chi connectivity index (χ1n) is 7.62. The molecule has 0 bridgehead atoms. The van der Waals surface area contributed by atoms with Crippen LogP contribution in [0.3, 0.4) is 0 Å². The van der Waals surface area contributed by atoms with Crippen molar-refractivity contribution in [2.75, 3.05) is 38.2 Å². The van der Waals surface area contributed by atoms with E-state index in [0.29, 0.717) is 19.0 Å². The third kappa shape index (κ3) is 4.59. The zero-order chi connectivity index (χ0) is 14.4. The van der Waals surface area contributed by atoms with Crippen molar-refractivity contribution < 1.29 is 8.42 Å². The molecule has 0 aliphatic carbocycles. The smallest absolute Gasteiger partial charge is 0.279 e. The van der Waals surface area contributed by atoms with Crippen LogP contribution in [0.15, 0.2) is 0 Å². The molecule has 0 aromatic carbocycles. The maximum Gasteiger partial charge on any atom is 0.279 e. The van der Waals surface area contributed by atoms with E-state index in [1.165, 1.54) is 11.5 Å². The van der Waals surface area contributed by atoms with Gasteiger partial charge in [0, 0.05) is 25.7 Å². The van der Waals surface area contributed by atoms with Crippen molar-refractivity contribution in [3.63, 3.8) is 0 Å². The van der Waals surface area contributed by atoms with Gasteiger partial charge in [-0.3, -0.25) is 0 Å². The molecule has 2 aliphatic heterocycles. The fraction of sp³-hybridized carbons (Fsp3) is 1.00. The van der Waals surface area contributed by atoms with Gasteiger partial charge in [0.25, 0.3) is 10.2 Å². The monoisotopic (exact) mass is 321 g/mol. The summed E-state index contributed by atoms with van der Waals surface area (Å²) >= 11 is 1.97. The van der Waals surface area contributed by atoms with Crippen LogP contribution in [-0.4, -0.2) is 57.0 Å². The van der Waals surface area contributed by atoms with E-state index >= 15 is 0 Å². The zero-order valence-corrected chi connectivity index (χ0v) is 13.9. The van der Waals surface area contributed by atoms with Crippen molar-refractivity contribution in [2.24, 2.45) is 5.92 Å². The van der Waals surface area contributed by atoms with Crippen molar-refractivity contribution >= 4 is 22.0 Å². The minimum atomic E-state index is -3.32. The molecule has 2 saturated heterocycles. The van der Waals surface area contributed by atoms with Crippen LogP contribution in [0.1, 0.15) is 32.1 Å². The molecular weight excluding hydrogens is 294 g/mol. The molecule has 118 valence electrons. The lowest BCUT2D eigenvalue weighted by Gasteiger charge is -2.35. The van der Waals surface area contributed by atoms with E-state index in [1.54, 1.807) is 4.31 Å². The molecule has 2 heterocycles. The Bertz CT molecular complexity index is 381. The third-order valence-electron chi connectivity index (χ3n) is 4.22. The van der Waals surface area contributed by atoms with Crippen molar-refractivity contribution in [1.82, 2.24) is 14.3 Å². The van der Waals surface area contributed by atoms with Gasteiger partial charge in [0.2, 0.25) is 0 Å². The Balaban J connectivity index is 1.89. The molecule has 0 amide bonds. The fourth-order valence-electron chi connectivity index (χ4n) is 2.99. The summed E-state index contributed by atoms with van der Waals surface area (Å²) in [5.74, 6) is 2.84. The van der Waals surface area contributed by atoms with Gasteiger partial charge in [-0.05, 0) is 50.2 Å². The van der Waals surface area contributed by atoms with Crippen LogP contribution in [0, 0.1) is 5.92 Å². The topological polar surface area (TPSA) is 61.4 Å². The standard InChI is InChI=1S/C13H27N3O2S2/c1-14-11-13-4-2-3-7-16(13)20(17,18)15-10-12-5-8-19-9-6-12/h12-15H,2-11H2,1H3. The number of nitrogens with zero attached hydrogens (tertiary/aromatic N) is 1. The Morgan fingerprint density at radius 2 is 1.90 bits per heavy atom. The summed E-state index contributed by atoms with van der Waals surface area (Å²) in [5, 5.41) is 3.11. The average Bonchev–Trinajstić information content (AvgIpc) is 2.47. The normalized spacial score (nSPS) is 26.8. The van der Waals surface area contributed by atoms with Crippen molar-refractivity contribution in [2.45, 2.75) is 38.1 Å². The van der Waals surface area contributed by atoms with E-state index in [4.69, 9.17) is 0 Å². The Morgan fingerprint density at radius 1 is 1.15 bits per heavy atom. The van der Waals surface area contributed by atoms with Crippen LogP contribution in [0.25, 0.3) is 0 Å². The molecule has 0 radical (unpaired) electrons. The van der Waals surface area contributed by atoms with Gasteiger partial charge in [-0.2, -0.15) is 24.5 Å². The predicted molar refractivity (Wildman–Crippen MR) is 85.2 cm³/mol. The van der Waals surface area contributed by atoms with Crippen LogP contribution in [0.4, 0.5) is 0 Å². The minimum Gasteiger partial charge on any atom is -0.318 e. The number of nitrogens with one attached hydrogen (secondary N) is 2. The maximum absolute atomic E-state index is 12.5. The molecule has 7 heteroatoms. The molecule has 0 saturated carbocycles. The molecule has 0 aromatic rings. The lowest BCUT2D eigenvalue weighted by Crippen LogP contribution is -2.52. The number of thioether (sulfide) groups is 1. The summed E-state index contributed by atoms with van der Waals surface area (Å²) in [7, 11) is -1.44. The summed E-state index contributed by atoms with van der Waals surface area (Å²) in [4.78, 5) is 0. The average molecular weight is 322 g/mol. The molecular formula is C13H27N3O2S2. The van der Waals surface area contributed by atoms with Gasteiger partial charge in [0.05, 0.1) is 0 Å². The lowest BCUT2D eigenvalue weighted by atomic mass is 10.0. The van der Waals surface area contributed by atoms with Gasteiger partial charge >= 0.3 is 0 Å². The highest BCUT2D eigenvalue weighted by atomic mass is 32.2. The molecule has 1 unspecified atom stereocenters. The van der Waals surface area contributed by atoms with E-state index < -0.39 is 10.2 Å². The number of rotatable bonds is 6. The highest BCUT2D eigenvalue weighted by molar-refractivity contribution is 7.99. The maximum atomic E-state index is 12.5. The van der Waals surface area contributed by atoms with Crippen LogP contribution >= 0.6 is 11.8 Å². The Kier molecular flexibility index (Phi) is 6.61. The van der Waals surface area contributed by atoms with Crippen molar-refractivity contribution in [3.05, 3.63) is 0 Å². The van der Waals surface area contributed by atoms with E-state index in [-0.39, 0.29) is 6.04 Å². The molecule has 2 fully saturated rings. The van der Waals surface area contributed by atoms with Gasteiger partial charge in [0.1, 0.15) is 0 Å². The predicted octanol–water partition coefficient (Wildman–Crippen LogP) is 1.04. The SMILES string of the molecule is CNCC1CCCCN1S(=O)(=O)NCC1CCSCC1. The Morgan fingerprint density at radius 3 is 2.60 bits per heavy atom. The summed E-state index contributed by atoms with van der Waals surface area (Å²) in [6.07, 6.45) is 5.32. The highest BCUT2D eigenvalue weighted by Gasteiger charge is 2.32. The van der Waals surface area contributed by atoms with Crippen LogP contribution in [0.2, 0.25) is 0 Å². The van der Waals surface area contributed by atoms with Gasteiger partial charge < -0.3 is 5.32 Å². The molecule has 0 aromatic heterocycles. The second-order valence-electron chi connectivity index (χ2n) is 5.73. The molecule has 2 rings (SSSR count). The van der Waals surface area contributed by atoms with E-state index in [9.17, 15) is 8.42 Å². The first-order valence-corrected chi connectivity index (χ1v) is 10.2. The molecule has 2 N–H and O–H groups in total. The van der Waals surface area contributed by atoms with Gasteiger partial charge in [-0.1, -0.05) is 6.42 Å². The largest absolute Gasteiger partial charge is 0.318 e. The van der Waals surface area contributed by atoms with E-state index in [1.807, 2.05) is 18.8 Å². The van der Waals surface area contributed by atoms with Crippen molar-refractivity contribution in [1.29, 1.82) is 0 Å². The number of hydrogen-bond acceptors (Lipinski definition) is 4. The first kappa shape index (κ1) is 16.5. The van der Waals surface area contributed by atoms with E-state index in [0.717, 1.165) is 38.6 Å². The summed E-state index contributed by atoms with van der Waals surface area (Å²) in [5.41, 5.74) is 0. The zero-order valence-electron chi connectivity index (χ0n) is 12.3. The number of hydrogen-bond donors (Lipinski definition) is 2. The third-order valence-corrected chi connectivity index (χ3v) is 6.90. The fourth-order valence-corrected chi connectivity index (χ4v) is 5.74. The summed E-state index contributed by atoms with van der Waals surface area (Å²) < 4.78 is 29.5. The van der Waals surface area contributed by atoms with Crippen molar-refractivity contribution in [3.8, 4) is 0 Å². The lowest BCUT2D eigenvalue weighted by molar-refractivity contribution is 0.245. The van der Waals surface area contributed by atoms with Crippen LogP contribution < -0.4 is 10.0 Å². The van der Waals surface area contributed by atoms with Gasteiger partial charge in [-0.15, -0.1) is 0 Å². The second kappa shape index (κ2) is 7.98. The van der Waals surface area contributed by atoms with Gasteiger partial charge in [-0.25, -0.2) is 4.72 Å². The van der Waals surface area contributed by atoms with E-state index in [2.05, 4.69) is 10.0 Å². The van der Waals surface area contributed by atoms with Gasteiger partial charge in [0.15, 0.2) is 0 Å². The van der Waals surface area contributed by atoms with Crippen LogP contribution in [-0.2, 0) is 10.2 Å². The van der Waals surface area contributed by atoms with Crippen LogP contribution in [0.5, 0.6) is 0 Å². The molecule has 2 aliphatic rings. The molecule has 5 nitrogen and oxygen atoms in total. The minimum absolute atomic E-state index is 0.105. The first-order chi connectivity index (χ1) is 9.63. The Hall–Kier alpha value is 0.180. The highest BCUT2D eigenvalue weighted by Crippen LogP contribution is 2.23. The number of likely N-dealkylation sites (N-methyl/N-ethyl adjacent to an activating group) is 1. The summed E-state index contributed by atoms with van der Waals surface area (Å²) in [6, 6.07) is 0.105. The summed E-state index contributed by atoms with van der Waals surface area (Å²) in [6.45, 7) is 1.99. The number of piperidine rings is 1. The Labute approximate surface area is 127 Å². The molecule has 0 spiro atoms. The second-order valence-corrected chi connectivity index (χ2v) is 8.66. The molecule has 20 heavy (non-hydrogen) atoms. The quantitative estimate of drug-likeness (QED) is 0.767. The molecule has 1 atom stereocenters.